The predicted octanol–water partition coefficient (Wildman–Crippen LogP) is 4.48. The molecule has 1 heterocycles. The van der Waals surface area contributed by atoms with Crippen molar-refractivity contribution in [1.29, 1.82) is 0 Å². The molecule has 0 aliphatic rings. The highest BCUT2D eigenvalue weighted by atomic mass is 35.5. The number of hydrogen-bond acceptors (Lipinski definition) is 1. The van der Waals surface area contributed by atoms with Crippen molar-refractivity contribution in [1.82, 2.24) is 4.57 Å². The SMILES string of the molecule is CN=C(N)CCn1c2ccc(Cl)cc2c2cc(Cl)ccc21. The van der Waals surface area contributed by atoms with Gasteiger partial charge in [0.1, 0.15) is 0 Å². The van der Waals surface area contributed by atoms with Crippen LogP contribution in [0.1, 0.15) is 6.42 Å². The minimum atomic E-state index is 0.646. The molecule has 3 rings (SSSR count). The fraction of sp³-hybridized carbons (Fsp3) is 0.188. The first-order valence-electron chi connectivity index (χ1n) is 6.68. The van der Waals surface area contributed by atoms with Crippen LogP contribution in [-0.2, 0) is 6.54 Å². The molecular weight excluding hydrogens is 305 g/mol. The number of fused-ring (bicyclic) bond motifs is 3. The maximum absolute atomic E-state index is 6.14. The number of aromatic nitrogens is 1. The molecule has 0 saturated heterocycles. The van der Waals surface area contributed by atoms with Gasteiger partial charge in [-0.1, -0.05) is 23.2 Å². The monoisotopic (exact) mass is 319 g/mol. The predicted molar refractivity (Wildman–Crippen MR) is 91.6 cm³/mol. The summed E-state index contributed by atoms with van der Waals surface area (Å²) in [6.07, 6.45) is 0.709. The second kappa shape index (κ2) is 5.58. The summed E-state index contributed by atoms with van der Waals surface area (Å²) < 4.78 is 2.23. The van der Waals surface area contributed by atoms with Crippen molar-refractivity contribution in [3.8, 4) is 0 Å². The van der Waals surface area contributed by atoms with E-state index in [1.54, 1.807) is 7.05 Å². The van der Waals surface area contributed by atoms with Gasteiger partial charge in [-0.2, -0.15) is 0 Å². The first kappa shape index (κ1) is 14.2. The summed E-state index contributed by atoms with van der Waals surface area (Å²) in [6.45, 7) is 0.770. The van der Waals surface area contributed by atoms with Gasteiger partial charge in [-0.3, -0.25) is 4.99 Å². The molecule has 0 fully saturated rings. The Morgan fingerprint density at radius 3 is 2.05 bits per heavy atom. The van der Waals surface area contributed by atoms with Gasteiger partial charge in [-0.25, -0.2) is 0 Å². The lowest BCUT2D eigenvalue weighted by Crippen LogP contribution is -2.14. The Kier molecular flexibility index (Phi) is 3.79. The topological polar surface area (TPSA) is 43.3 Å². The molecule has 3 nitrogen and oxygen atoms in total. The minimum absolute atomic E-state index is 0.646. The second-order valence-electron chi connectivity index (χ2n) is 4.94. The fourth-order valence-electron chi connectivity index (χ4n) is 2.63. The number of nitrogens with zero attached hydrogens (tertiary/aromatic N) is 2. The number of aryl methyl sites for hydroxylation is 1. The molecule has 0 unspecified atom stereocenters. The first-order valence-corrected chi connectivity index (χ1v) is 7.44. The van der Waals surface area contributed by atoms with Crippen LogP contribution in [-0.4, -0.2) is 17.5 Å². The van der Waals surface area contributed by atoms with Gasteiger partial charge in [0.25, 0.3) is 0 Å². The average molecular weight is 320 g/mol. The molecule has 0 aliphatic carbocycles. The largest absolute Gasteiger partial charge is 0.387 e. The number of nitrogens with two attached hydrogens (primary N) is 1. The van der Waals surface area contributed by atoms with Gasteiger partial charge in [0.2, 0.25) is 0 Å². The van der Waals surface area contributed by atoms with Crippen molar-refractivity contribution in [3.63, 3.8) is 0 Å². The standard InChI is InChI=1S/C16H15Cl2N3/c1-20-16(19)6-7-21-14-4-2-10(17)8-12(14)13-9-11(18)3-5-15(13)21/h2-5,8-9H,6-7H2,1H3,(H2,19,20). The maximum atomic E-state index is 6.14. The second-order valence-corrected chi connectivity index (χ2v) is 5.81. The van der Waals surface area contributed by atoms with Gasteiger partial charge in [-0.15, -0.1) is 0 Å². The number of hydrogen-bond donors (Lipinski definition) is 1. The normalized spacial score (nSPS) is 12.4. The van der Waals surface area contributed by atoms with Gasteiger partial charge in [0.05, 0.1) is 5.84 Å². The molecule has 0 radical (unpaired) electrons. The smallest absolute Gasteiger partial charge is 0.0951 e. The molecule has 2 N–H and O–H groups in total. The summed E-state index contributed by atoms with van der Waals surface area (Å²) >= 11 is 12.3. The summed E-state index contributed by atoms with van der Waals surface area (Å²) in [7, 11) is 1.71. The van der Waals surface area contributed by atoms with Crippen LogP contribution < -0.4 is 5.73 Å². The summed E-state index contributed by atoms with van der Waals surface area (Å²) in [5.41, 5.74) is 8.07. The van der Waals surface area contributed by atoms with Gasteiger partial charge < -0.3 is 10.3 Å². The molecule has 0 saturated carbocycles. The van der Waals surface area contributed by atoms with E-state index in [0.29, 0.717) is 12.3 Å². The highest BCUT2D eigenvalue weighted by Gasteiger charge is 2.11. The van der Waals surface area contributed by atoms with Crippen molar-refractivity contribution >= 4 is 50.8 Å². The van der Waals surface area contributed by atoms with Gasteiger partial charge >= 0.3 is 0 Å². The zero-order valence-corrected chi connectivity index (χ0v) is 13.1. The van der Waals surface area contributed by atoms with Crippen LogP contribution in [0, 0.1) is 0 Å². The van der Waals surface area contributed by atoms with Gasteiger partial charge in [-0.05, 0) is 36.4 Å². The van der Waals surface area contributed by atoms with E-state index in [1.165, 1.54) is 0 Å². The summed E-state index contributed by atoms with van der Waals surface area (Å²) in [4.78, 5) is 4.02. The molecule has 5 heteroatoms. The third-order valence-electron chi connectivity index (χ3n) is 3.67. The number of aliphatic imine (C=N–C) groups is 1. The first-order chi connectivity index (χ1) is 10.1. The molecule has 108 valence electrons. The Labute approximate surface area is 133 Å². The molecule has 0 atom stereocenters. The van der Waals surface area contributed by atoms with E-state index in [9.17, 15) is 0 Å². The van der Waals surface area contributed by atoms with Crippen molar-refractivity contribution in [3.05, 3.63) is 46.4 Å². The Hall–Kier alpha value is -1.71. The molecule has 0 amide bonds. The van der Waals surface area contributed by atoms with Gasteiger partial charge in [0, 0.05) is 51.9 Å². The zero-order valence-electron chi connectivity index (χ0n) is 11.6. The van der Waals surface area contributed by atoms with E-state index in [2.05, 4.69) is 9.56 Å². The average Bonchev–Trinajstić information content (AvgIpc) is 2.77. The van der Waals surface area contributed by atoms with Crippen LogP contribution in [0.25, 0.3) is 21.8 Å². The lowest BCUT2D eigenvalue weighted by atomic mass is 10.1. The van der Waals surface area contributed by atoms with Crippen LogP contribution in [0.4, 0.5) is 0 Å². The number of rotatable bonds is 3. The van der Waals surface area contributed by atoms with Crippen LogP contribution >= 0.6 is 23.2 Å². The lowest BCUT2D eigenvalue weighted by molar-refractivity contribution is 0.776. The Morgan fingerprint density at radius 1 is 1.05 bits per heavy atom. The molecule has 0 spiro atoms. The maximum Gasteiger partial charge on any atom is 0.0951 e. The number of benzene rings is 2. The molecule has 2 aromatic carbocycles. The van der Waals surface area contributed by atoms with Crippen LogP contribution in [0.2, 0.25) is 10.0 Å². The van der Waals surface area contributed by atoms with Crippen LogP contribution in [0.5, 0.6) is 0 Å². The van der Waals surface area contributed by atoms with Crippen LogP contribution in [0.15, 0.2) is 41.4 Å². The Morgan fingerprint density at radius 2 is 1.57 bits per heavy atom. The van der Waals surface area contributed by atoms with Gasteiger partial charge in [0.15, 0.2) is 0 Å². The summed E-state index contributed by atoms with van der Waals surface area (Å²) in [5, 5.41) is 3.64. The van der Waals surface area contributed by atoms with E-state index >= 15 is 0 Å². The molecule has 0 bridgehead atoms. The molecular formula is C16H15Cl2N3. The quantitative estimate of drug-likeness (QED) is 0.561. The zero-order chi connectivity index (χ0) is 15.0. The molecule has 3 aromatic rings. The lowest BCUT2D eigenvalue weighted by Gasteiger charge is -2.07. The highest BCUT2D eigenvalue weighted by molar-refractivity contribution is 6.33. The van der Waals surface area contributed by atoms with Crippen LogP contribution in [0.3, 0.4) is 0 Å². The minimum Gasteiger partial charge on any atom is -0.387 e. The summed E-state index contributed by atoms with van der Waals surface area (Å²) in [5.74, 6) is 0.646. The summed E-state index contributed by atoms with van der Waals surface area (Å²) in [6, 6.07) is 11.8. The molecule has 1 aromatic heterocycles. The third-order valence-corrected chi connectivity index (χ3v) is 4.14. The van der Waals surface area contributed by atoms with E-state index in [-0.39, 0.29) is 0 Å². The van der Waals surface area contributed by atoms with E-state index in [4.69, 9.17) is 28.9 Å². The highest BCUT2D eigenvalue weighted by Crippen LogP contribution is 2.32. The Bertz CT molecular complexity index is 790. The van der Waals surface area contributed by atoms with Crippen molar-refractivity contribution in [2.45, 2.75) is 13.0 Å². The number of halogens is 2. The third kappa shape index (κ3) is 2.59. The van der Waals surface area contributed by atoms with E-state index in [1.807, 2.05) is 36.4 Å². The van der Waals surface area contributed by atoms with Crippen molar-refractivity contribution < 1.29 is 0 Å². The fourth-order valence-corrected chi connectivity index (χ4v) is 2.97. The van der Waals surface area contributed by atoms with Crippen molar-refractivity contribution in [2.75, 3.05) is 7.05 Å². The molecule has 21 heavy (non-hydrogen) atoms. The van der Waals surface area contributed by atoms with E-state index < -0.39 is 0 Å². The van der Waals surface area contributed by atoms with E-state index in [0.717, 1.165) is 38.4 Å². The van der Waals surface area contributed by atoms with Crippen molar-refractivity contribution in [2.24, 2.45) is 10.7 Å². The number of amidine groups is 1. The Balaban J connectivity index is 2.24. The molecule has 0 aliphatic heterocycles.